The molecule has 0 rings (SSSR count). The van der Waals surface area contributed by atoms with Gasteiger partial charge < -0.3 is 7.96 Å². The molecule has 1 N–H and O–H groups in total. The van der Waals surface area contributed by atoms with Crippen LogP contribution in [0.4, 0.5) is 0 Å². The smallest absolute Gasteiger partial charge is 1.00 e. The van der Waals surface area contributed by atoms with Gasteiger partial charge in [-0.1, -0.05) is 71.1 Å². The van der Waals surface area contributed by atoms with Crippen molar-refractivity contribution in [2.24, 2.45) is 0 Å². The normalized spacial score (nSPS) is 9.94. The molecule has 0 fully saturated rings. The second-order valence-corrected chi connectivity index (χ2v) is 4.68. The van der Waals surface area contributed by atoms with Gasteiger partial charge >= 0.3 is 29.0 Å². The zero-order valence-corrected chi connectivity index (χ0v) is 13.0. The van der Waals surface area contributed by atoms with E-state index in [4.69, 9.17) is 5.11 Å². The zero-order valence-electron chi connectivity index (χ0n) is 13.5. The van der Waals surface area contributed by atoms with Gasteiger partial charge in [-0.2, -0.15) is 0 Å². The largest absolute Gasteiger partial charge is 2.00 e. The Bertz CT molecular complexity index is 170. The van der Waals surface area contributed by atoms with E-state index >= 15 is 0 Å². The molecular weight excluding hydrogens is 224 g/mol. The first-order valence-electron chi connectivity index (χ1n) is 6.99. The van der Waals surface area contributed by atoms with Gasteiger partial charge in [0.15, 0.2) is 0 Å². The predicted molar refractivity (Wildman–Crippen MR) is 76.7 cm³/mol. The fraction of sp³-hybridized carbons (Fsp3) is 0.929. The maximum Gasteiger partial charge on any atom is 2.00 e. The Morgan fingerprint density at radius 2 is 1.18 bits per heavy atom. The maximum atomic E-state index is 10.3. The van der Waals surface area contributed by atoms with Crippen molar-refractivity contribution < 1.29 is 12.8 Å². The minimum absolute atomic E-state index is 0. The van der Waals surface area contributed by atoms with Gasteiger partial charge in [-0.15, -0.1) is 0 Å². The van der Waals surface area contributed by atoms with Crippen LogP contribution in [0.5, 0.6) is 0 Å². The number of unbranched alkanes of at least 4 members (excludes halogenated alkanes) is 10. The quantitative estimate of drug-likeness (QED) is 0.408. The number of aliphatic carboxylic acids is 1. The molecule has 2 nitrogen and oxygen atoms in total. The predicted octanol–water partition coefficient (Wildman–Crippen LogP) is 4.62. The number of carboxylic acid groups (broad SMARTS) is 1. The molecule has 0 heterocycles. The summed E-state index contributed by atoms with van der Waals surface area (Å²) in [5, 5.41) is 8.46. The van der Waals surface area contributed by atoms with Crippen LogP contribution in [0, 0.1) is 0 Å². The molecule has 0 aliphatic rings. The number of hydrogen-bond donors (Lipinski definition) is 1. The fourth-order valence-corrected chi connectivity index (χ4v) is 1.94. The van der Waals surface area contributed by atoms with Crippen molar-refractivity contribution in [3.63, 3.8) is 0 Å². The average molecular weight is 255 g/mol. The van der Waals surface area contributed by atoms with Crippen LogP contribution in [-0.4, -0.2) is 34.1 Å². The number of rotatable bonds is 12. The molecule has 0 atom stereocenters. The van der Waals surface area contributed by atoms with Crippen molar-refractivity contribution in [3.8, 4) is 0 Å². The second-order valence-electron chi connectivity index (χ2n) is 4.68. The molecule has 0 aliphatic heterocycles. The SMILES string of the molecule is CCCCCCCCCCCCCC(=O)O.[H-].[H-].[Mg+2]. The minimum Gasteiger partial charge on any atom is -1.00 e. The first kappa shape index (κ1) is 19.6. The van der Waals surface area contributed by atoms with Crippen molar-refractivity contribution in [1.29, 1.82) is 0 Å². The Hall–Kier alpha value is 0.236. The molecule has 0 unspecified atom stereocenters. The van der Waals surface area contributed by atoms with Crippen LogP contribution in [-0.2, 0) is 4.79 Å². The van der Waals surface area contributed by atoms with Crippen LogP contribution in [0.1, 0.15) is 86.8 Å². The van der Waals surface area contributed by atoms with Gasteiger partial charge in [-0.25, -0.2) is 0 Å². The van der Waals surface area contributed by atoms with Crippen LogP contribution < -0.4 is 0 Å². The molecule has 0 saturated carbocycles. The van der Waals surface area contributed by atoms with E-state index in [-0.39, 0.29) is 25.9 Å². The molecule has 0 spiro atoms. The van der Waals surface area contributed by atoms with E-state index in [9.17, 15) is 4.79 Å². The third-order valence-corrected chi connectivity index (χ3v) is 2.99. The Morgan fingerprint density at radius 3 is 1.53 bits per heavy atom. The molecule has 0 aromatic rings. The Balaban J connectivity index is -0.000000375. The molecule has 17 heavy (non-hydrogen) atoms. The molecule has 3 heteroatoms. The molecule has 0 amide bonds. The van der Waals surface area contributed by atoms with E-state index in [1.54, 1.807) is 0 Å². The minimum atomic E-state index is -0.657. The third kappa shape index (κ3) is 18.8. The number of carbonyl (C=O) groups is 1. The Kier molecular flexibility index (Phi) is 18.7. The van der Waals surface area contributed by atoms with Crippen molar-refractivity contribution >= 4 is 29.0 Å². The van der Waals surface area contributed by atoms with Crippen LogP contribution in [0.25, 0.3) is 0 Å². The monoisotopic (exact) mass is 254 g/mol. The van der Waals surface area contributed by atoms with E-state index in [2.05, 4.69) is 6.92 Å². The molecule has 100 valence electrons. The molecule has 0 aromatic carbocycles. The number of hydrogen-bond acceptors (Lipinski definition) is 1. The number of carboxylic acids is 1. The van der Waals surface area contributed by atoms with Crippen molar-refractivity contribution in [2.45, 2.75) is 84.0 Å². The molecule has 0 radical (unpaired) electrons. The molecular formula is C14H30MgO2. The summed E-state index contributed by atoms with van der Waals surface area (Å²) in [6.45, 7) is 2.25. The van der Waals surface area contributed by atoms with Gasteiger partial charge in [0, 0.05) is 6.42 Å². The fourth-order valence-electron chi connectivity index (χ4n) is 1.94. The first-order chi connectivity index (χ1) is 7.77. The van der Waals surface area contributed by atoms with Gasteiger partial charge in [0.1, 0.15) is 0 Å². The van der Waals surface area contributed by atoms with Crippen molar-refractivity contribution in [2.75, 3.05) is 0 Å². The summed E-state index contributed by atoms with van der Waals surface area (Å²) in [5.41, 5.74) is 0. The first-order valence-corrected chi connectivity index (χ1v) is 6.99. The second kappa shape index (κ2) is 16.2. The molecule has 0 bridgehead atoms. The van der Waals surface area contributed by atoms with Crippen molar-refractivity contribution in [3.05, 3.63) is 0 Å². The van der Waals surface area contributed by atoms with Crippen LogP contribution in [0.3, 0.4) is 0 Å². The maximum absolute atomic E-state index is 10.3. The summed E-state index contributed by atoms with van der Waals surface area (Å²) < 4.78 is 0. The van der Waals surface area contributed by atoms with Gasteiger partial charge in [0.2, 0.25) is 0 Å². The summed E-state index contributed by atoms with van der Waals surface area (Å²) >= 11 is 0. The summed E-state index contributed by atoms with van der Waals surface area (Å²) in [6.07, 6.45) is 14.4. The van der Waals surface area contributed by atoms with Crippen LogP contribution >= 0.6 is 0 Å². The van der Waals surface area contributed by atoms with E-state index < -0.39 is 5.97 Å². The summed E-state index contributed by atoms with van der Waals surface area (Å²) in [6, 6.07) is 0. The molecule has 0 aliphatic carbocycles. The average Bonchev–Trinajstić information content (AvgIpc) is 2.25. The van der Waals surface area contributed by atoms with Crippen LogP contribution in [0.2, 0.25) is 0 Å². The molecule has 0 aromatic heterocycles. The van der Waals surface area contributed by atoms with E-state index in [0.29, 0.717) is 6.42 Å². The van der Waals surface area contributed by atoms with E-state index in [1.165, 1.54) is 57.8 Å². The van der Waals surface area contributed by atoms with Gasteiger partial charge in [-0.3, -0.25) is 4.79 Å². The Labute approximate surface area is 126 Å². The summed E-state index contributed by atoms with van der Waals surface area (Å²) in [5.74, 6) is -0.657. The van der Waals surface area contributed by atoms with E-state index in [1.807, 2.05) is 0 Å². The van der Waals surface area contributed by atoms with E-state index in [0.717, 1.165) is 12.8 Å². The topological polar surface area (TPSA) is 37.3 Å². The van der Waals surface area contributed by atoms with Gasteiger partial charge in [0.05, 0.1) is 0 Å². The summed E-state index contributed by atoms with van der Waals surface area (Å²) in [7, 11) is 0. The van der Waals surface area contributed by atoms with Gasteiger partial charge in [0.25, 0.3) is 0 Å². The van der Waals surface area contributed by atoms with Gasteiger partial charge in [-0.05, 0) is 6.42 Å². The van der Waals surface area contributed by atoms with Crippen molar-refractivity contribution in [1.82, 2.24) is 0 Å². The zero-order chi connectivity index (χ0) is 12.1. The van der Waals surface area contributed by atoms with Crippen LogP contribution in [0.15, 0.2) is 0 Å². The third-order valence-electron chi connectivity index (χ3n) is 2.99. The summed E-state index contributed by atoms with van der Waals surface area (Å²) in [4.78, 5) is 10.3. The molecule has 0 saturated heterocycles. The Morgan fingerprint density at radius 1 is 0.824 bits per heavy atom. The standard InChI is InChI=1S/C14H28O2.Mg.2H/c1-2-3-4-5-6-7-8-9-10-11-12-13-14(15)16;;;/h2-13H2,1H3,(H,15,16);;;/q;+2;2*-1.